The largest absolute Gasteiger partial charge is 0.240 e. The molecule has 0 heterocycles. The number of alkyl halides is 1. The van der Waals surface area contributed by atoms with Crippen molar-refractivity contribution in [1.29, 1.82) is 0 Å². The van der Waals surface area contributed by atoms with Crippen molar-refractivity contribution < 1.29 is 8.42 Å². The number of hydrogen-bond donors (Lipinski definition) is 1. The van der Waals surface area contributed by atoms with Crippen LogP contribution < -0.4 is 4.72 Å². The Morgan fingerprint density at radius 1 is 1.25 bits per heavy atom. The molecule has 1 aliphatic rings. The minimum atomic E-state index is -3.36. The summed E-state index contributed by atoms with van der Waals surface area (Å²) in [6, 6.07) is 7.22. The van der Waals surface area contributed by atoms with E-state index in [1.807, 2.05) is 12.1 Å². The van der Waals surface area contributed by atoms with Crippen LogP contribution in [-0.4, -0.2) is 19.8 Å². The number of halogens is 1. The van der Waals surface area contributed by atoms with Gasteiger partial charge >= 0.3 is 0 Å². The monoisotopic (exact) mass is 359 g/mol. The van der Waals surface area contributed by atoms with Crippen LogP contribution >= 0.6 is 15.9 Å². The Kier molecular flexibility index (Phi) is 5.64. The Labute approximate surface area is 130 Å². The molecule has 0 radical (unpaired) electrons. The van der Waals surface area contributed by atoms with Crippen LogP contribution in [0.15, 0.2) is 29.2 Å². The fourth-order valence-corrected chi connectivity index (χ4v) is 4.54. The van der Waals surface area contributed by atoms with E-state index in [0.717, 1.165) is 32.1 Å². The van der Waals surface area contributed by atoms with Crippen LogP contribution in [0.4, 0.5) is 0 Å². The zero-order valence-electron chi connectivity index (χ0n) is 11.8. The van der Waals surface area contributed by atoms with Gasteiger partial charge in [-0.3, -0.25) is 0 Å². The summed E-state index contributed by atoms with van der Waals surface area (Å²) in [5.41, 5.74) is 1.18. The molecule has 0 aromatic heterocycles. The topological polar surface area (TPSA) is 46.2 Å². The molecule has 112 valence electrons. The zero-order chi connectivity index (χ0) is 14.6. The van der Waals surface area contributed by atoms with Gasteiger partial charge in [0, 0.05) is 11.4 Å². The number of benzene rings is 1. The first-order chi connectivity index (χ1) is 9.51. The van der Waals surface area contributed by atoms with Gasteiger partial charge in [0.2, 0.25) is 10.0 Å². The third-order valence-electron chi connectivity index (χ3n) is 3.81. The lowest BCUT2D eigenvalue weighted by atomic mass is 10.1. The Hall–Kier alpha value is -0.390. The average Bonchev–Trinajstić information content (AvgIpc) is 2.84. The first-order valence-electron chi connectivity index (χ1n) is 7.24. The molecule has 0 amide bonds. The van der Waals surface area contributed by atoms with Crippen molar-refractivity contribution in [3.8, 4) is 0 Å². The molecule has 0 spiro atoms. The van der Waals surface area contributed by atoms with Crippen LogP contribution in [0, 0.1) is 5.92 Å². The molecule has 2 atom stereocenters. The van der Waals surface area contributed by atoms with Crippen LogP contribution in [0.2, 0.25) is 0 Å². The van der Waals surface area contributed by atoms with Crippen molar-refractivity contribution in [2.45, 2.75) is 48.8 Å². The van der Waals surface area contributed by atoms with E-state index in [1.54, 1.807) is 12.1 Å². The van der Waals surface area contributed by atoms with Gasteiger partial charge in [0.15, 0.2) is 0 Å². The summed E-state index contributed by atoms with van der Waals surface area (Å²) in [7, 11) is -3.36. The fourth-order valence-electron chi connectivity index (χ4n) is 2.63. The summed E-state index contributed by atoms with van der Waals surface area (Å²) in [5, 5.41) is 0. The maximum Gasteiger partial charge on any atom is 0.240 e. The van der Waals surface area contributed by atoms with Gasteiger partial charge in [0.1, 0.15) is 0 Å². The minimum absolute atomic E-state index is 0.366. The van der Waals surface area contributed by atoms with E-state index in [9.17, 15) is 8.42 Å². The first-order valence-corrected chi connectivity index (χ1v) is 9.64. The van der Waals surface area contributed by atoms with Crippen molar-refractivity contribution in [1.82, 2.24) is 4.72 Å². The van der Waals surface area contributed by atoms with E-state index in [1.165, 1.54) is 5.56 Å². The standard InChI is InChI=1S/C15H22BrNO2S/c1-2-3-12-5-8-15(9-6-12)20(18,19)17-11-13-4-7-14(16)10-13/h5-6,8-9,13-14,17H,2-4,7,10-11H2,1H3. The van der Waals surface area contributed by atoms with Crippen LogP contribution in [-0.2, 0) is 16.4 Å². The molecule has 1 aliphatic carbocycles. The summed E-state index contributed by atoms with van der Waals surface area (Å²) in [4.78, 5) is 0.913. The van der Waals surface area contributed by atoms with Gasteiger partial charge in [0.25, 0.3) is 0 Å². The number of hydrogen-bond acceptors (Lipinski definition) is 2. The summed E-state index contributed by atoms with van der Waals surface area (Å²) >= 11 is 3.59. The summed E-state index contributed by atoms with van der Waals surface area (Å²) < 4.78 is 27.2. The van der Waals surface area contributed by atoms with Gasteiger partial charge < -0.3 is 0 Å². The second kappa shape index (κ2) is 7.05. The Morgan fingerprint density at radius 3 is 2.50 bits per heavy atom. The van der Waals surface area contributed by atoms with Crippen molar-refractivity contribution in [3.05, 3.63) is 29.8 Å². The van der Waals surface area contributed by atoms with E-state index in [-0.39, 0.29) is 0 Å². The smallest absolute Gasteiger partial charge is 0.211 e. The highest BCUT2D eigenvalue weighted by Crippen LogP contribution is 2.30. The van der Waals surface area contributed by atoms with Gasteiger partial charge in [-0.05, 0) is 49.3 Å². The molecular formula is C15H22BrNO2S. The van der Waals surface area contributed by atoms with Crippen molar-refractivity contribution >= 4 is 26.0 Å². The number of sulfonamides is 1. The van der Waals surface area contributed by atoms with E-state index >= 15 is 0 Å². The van der Waals surface area contributed by atoms with E-state index in [0.29, 0.717) is 22.2 Å². The zero-order valence-corrected chi connectivity index (χ0v) is 14.2. The van der Waals surface area contributed by atoms with Crippen LogP contribution in [0.1, 0.15) is 38.2 Å². The minimum Gasteiger partial charge on any atom is -0.211 e. The van der Waals surface area contributed by atoms with Gasteiger partial charge in [-0.2, -0.15) is 0 Å². The number of aryl methyl sites for hydroxylation is 1. The van der Waals surface area contributed by atoms with E-state index in [4.69, 9.17) is 0 Å². The van der Waals surface area contributed by atoms with Crippen LogP contribution in [0.5, 0.6) is 0 Å². The molecule has 1 aromatic rings. The molecule has 2 unspecified atom stereocenters. The molecule has 0 bridgehead atoms. The molecule has 5 heteroatoms. The highest BCUT2D eigenvalue weighted by atomic mass is 79.9. The Balaban J connectivity index is 1.95. The maximum absolute atomic E-state index is 12.2. The van der Waals surface area contributed by atoms with E-state index in [2.05, 4.69) is 27.6 Å². The lowest BCUT2D eigenvalue weighted by Crippen LogP contribution is -2.28. The van der Waals surface area contributed by atoms with Crippen LogP contribution in [0.25, 0.3) is 0 Å². The van der Waals surface area contributed by atoms with E-state index < -0.39 is 10.0 Å². The molecule has 20 heavy (non-hydrogen) atoms. The highest BCUT2D eigenvalue weighted by Gasteiger charge is 2.24. The average molecular weight is 360 g/mol. The predicted molar refractivity (Wildman–Crippen MR) is 85.7 cm³/mol. The van der Waals surface area contributed by atoms with Crippen LogP contribution in [0.3, 0.4) is 0 Å². The SMILES string of the molecule is CCCc1ccc(S(=O)(=O)NCC2CCC(Br)C2)cc1. The molecule has 1 aromatic carbocycles. The maximum atomic E-state index is 12.2. The third kappa shape index (κ3) is 4.30. The third-order valence-corrected chi connectivity index (χ3v) is 6.08. The normalized spacial score (nSPS) is 23.1. The van der Waals surface area contributed by atoms with Crippen molar-refractivity contribution in [2.24, 2.45) is 5.92 Å². The van der Waals surface area contributed by atoms with Crippen molar-refractivity contribution in [2.75, 3.05) is 6.54 Å². The Bertz CT molecular complexity index is 527. The summed E-state index contributed by atoms with van der Waals surface area (Å²) in [6.07, 6.45) is 5.34. The molecule has 3 nitrogen and oxygen atoms in total. The molecule has 1 fully saturated rings. The Morgan fingerprint density at radius 2 is 1.95 bits per heavy atom. The molecular weight excluding hydrogens is 338 g/mol. The predicted octanol–water partition coefficient (Wildman–Crippen LogP) is 3.48. The van der Waals surface area contributed by atoms with Gasteiger partial charge in [-0.25, -0.2) is 13.1 Å². The van der Waals surface area contributed by atoms with Gasteiger partial charge in [-0.1, -0.05) is 41.4 Å². The molecule has 0 saturated heterocycles. The lowest BCUT2D eigenvalue weighted by Gasteiger charge is -2.12. The lowest BCUT2D eigenvalue weighted by molar-refractivity contribution is 0.520. The number of rotatable bonds is 6. The molecule has 0 aliphatic heterocycles. The first kappa shape index (κ1) is 16.0. The summed E-state index contributed by atoms with van der Waals surface area (Å²) in [5.74, 6) is 0.452. The second-order valence-corrected chi connectivity index (χ2v) is 8.58. The fraction of sp³-hybridized carbons (Fsp3) is 0.600. The summed E-state index contributed by atoms with van der Waals surface area (Å²) in [6.45, 7) is 2.66. The number of nitrogens with one attached hydrogen (secondary N) is 1. The molecule has 1 N–H and O–H groups in total. The highest BCUT2D eigenvalue weighted by molar-refractivity contribution is 9.09. The van der Waals surface area contributed by atoms with Crippen molar-refractivity contribution in [3.63, 3.8) is 0 Å². The van der Waals surface area contributed by atoms with Gasteiger partial charge in [0.05, 0.1) is 4.90 Å². The van der Waals surface area contributed by atoms with Gasteiger partial charge in [-0.15, -0.1) is 0 Å². The second-order valence-electron chi connectivity index (χ2n) is 5.52. The molecule has 1 saturated carbocycles. The quantitative estimate of drug-likeness (QED) is 0.790. The molecule has 2 rings (SSSR count).